The molecule has 2 aliphatic heterocycles. The number of rotatable bonds is 6. The molecule has 4 nitrogen and oxygen atoms in total. The fraction of sp³-hybridized carbons (Fsp3) is 0.519. The lowest BCUT2D eigenvalue weighted by molar-refractivity contribution is -0.137. The number of carbonyl (C=O) groups is 1. The zero-order chi connectivity index (χ0) is 21.0. The molecule has 2 aromatic carbocycles. The highest BCUT2D eigenvalue weighted by atomic mass is 16.5. The number of carbonyl (C=O) groups excluding carboxylic acids is 1. The van der Waals surface area contributed by atoms with Gasteiger partial charge in [-0.3, -0.25) is 9.69 Å². The quantitative estimate of drug-likeness (QED) is 0.701. The molecule has 0 spiro atoms. The van der Waals surface area contributed by atoms with Gasteiger partial charge in [0.25, 0.3) is 0 Å². The van der Waals surface area contributed by atoms with Gasteiger partial charge in [0.2, 0.25) is 5.91 Å². The van der Waals surface area contributed by atoms with E-state index in [9.17, 15) is 4.79 Å². The SMILES string of the molecule is O=C([C@@H]1C[C@H](COc2ccc3c(c2)CCC3)CN(Cc2ccccc2)C1)N1CCCC1. The highest BCUT2D eigenvalue weighted by molar-refractivity contribution is 5.79. The van der Waals surface area contributed by atoms with Crippen molar-refractivity contribution in [2.24, 2.45) is 11.8 Å². The minimum Gasteiger partial charge on any atom is -0.493 e. The fourth-order valence-corrected chi connectivity index (χ4v) is 5.62. The molecule has 2 saturated heterocycles. The number of piperidine rings is 1. The molecule has 0 radical (unpaired) electrons. The Labute approximate surface area is 186 Å². The van der Waals surface area contributed by atoms with Gasteiger partial charge in [-0.15, -0.1) is 0 Å². The highest BCUT2D eigenvalue weighted by Crippen LogP contribution is 2.29. The molecule has 1 amide bonds. The van der Waals surface area contributed by atoms with Gasteiger partial charge < -0.3 is 9.64 Å². The van der Waals surface area contributed by atoms with Crippen LogP contribution in [-0.4, -0.2) is 48.5 Å². The summed E-state index contributed by atoms with van der Waals surface area (Å²) >= 11 is 0. The Morgan fingerprint density at radius 1 is 0.935 bits per heavy atom. The lowest BCUT2D eigenvalue weighted by Crippen LogP contribution is -2.48. The van der Waals surface area contributed by atoms with Crippen molar-refractivity contribution < 1.29 is 9.53 Å². The number of likely N-dealkylation sites (tertiary alicyclic amines) is 2. The molecule has 2 fully saturated rings. The molecule has 2 aromatic rings. The van der Waals surface area contributed by atoms with Crippen LogP contribution in [0.2, 0.25) is 0 Å². The van der Waals surface area contributed by atoms with Crippen molar-refractivity contribution in [3.05, 3.63) is 65.2 Å². The predicted molar refractivity (Wildman–Crippen MR) is 123 cm³/mol. The van der Waals surface area contributed by atoms with Crippen LogP contribution in [0.3, 0.4) is 0 Å². The number of benzene rings is 2. The van der Waals surface area contributed by atoms with E-state index in [0.29, 0.717) is 18.4 Å². The van der Waals surface area contributed by atoms with Gasteiger partial charge in [-0.25, -0.2) is 0 Å². The molecular weight excluding hydrogens is 384 g/mol. The van der Waals surface area contributed by atoms with Crippen molar-refractivity contribution in [1.82, 2.24) is 9.80 Å². The summed E-state index contributed by atoms with van der Waals surface area (Å²) in [4.78, 5) is 17.8. The summed E-state index contributed by atoms with van der Waals surface area (Å²) in [6.07, 6.45) is 6.87. The molecule has 4 heteroatoms. The molecular formula is C27H34N2O2. The number of amides is 1. The minimum atomic E-state index is 0.0872. The van der Waals surface area contributed by atoms with E-state index >= 15 is 0 Å². The Hall–Kier alpha value is -2.33. The molecule has 5 rings (SSSR count). The second-order valence-corrected chi connectivity index (χ2v) is 9.61. The van der Waals surface area contributed by atoms with Gasteiger partial charge in [0.15, 0.2) is 0 Å². The van der Waals surface area contributed by atoms with Crippen LogP contribution in [0.4, 0.5) is 0 Å². The Morgan fingerprint density at radius 3 is 2.58 bits per heavy atom. The van der Waals surface area contributed by atoms with E-state index in [1.165, 1.54) is 36.0 Å². The number of fused-ring (bicyclic) bond motifs is 1. The standard InChI is InChI=1S/C27H34N2O2/c30-27(29-13-4-5-14-29)25-15-22(18-28(19-25)17-21-7-2-1-3-8-21)20-31-26-12-11-23-9-6-10-24(23)16-26/h1-3,7-8,11-12,16,22,25H,4-6,9-10,13-15,17-20H2/t22-,25+/m0/s1. The van der Waals surface area contributed by atoms with E-state index in [1.54, 1.807) is 0 Å². The zero-order valence-corrected chi connectivity index (χ0v) is 18.5. The van der Waals surface area contributed by atoms with Crippen LogP contribution in [-0.2, 0) is 24.2 Å². The third kappa shape index (κ3) is 4.95. The molecule has 164 valence electrons. The highest BCUT2D eigenvalue weighted by Gasteiger charge is 2.35. The van der Waals surface area contributed by atoms with Crippen molar-refractivity contribution in [3.8, 4) is 5.75 Å². The van der Waals surface area contributed by atoms with E-state index in [4.69, 9.17) is 4.74 Å². The van der Waals surface area contributed by atoms with Gasteiger partial charge in [0.05, 0.1) is 12.5 Å². The third-order valence-electron chi connectivity index (χ3n) is 7.18. The fourth-order valence-electron chi connectivity index (χ4n) is 5.62. The Morgan fingerprint density at radius 2 is 1.74 bits per heavy atom. The summed E-state index contributed by atoms with van der Waals surface area (Å²) in [5, 5.41) is 0. The van der Waals surface area contributed by atoms with Crippen molar-refractivity contribution in [2.75, 3.05) is 32.8 Å². The van der Waals surface area contributed by atoms with E-state index in [2.05, 4.69) is 58.3 Å². The molecule has 0 saturated carbocycles. The molecule has 0 bridgehead atoms. The van der Waals surface area contributed by atoms with Crippen LogP contribution in [0.25, 0.3) is 0 Å². The van der Waals surface area contributed by atoms with Gasteiger partial charge in [0.1, 0.15) is 5.75 Å². The first-order chi connectivity index (χ1) is 15.2. The van der Waals surface area contributed by atoms with Gasteiger partial charge in [-0.2, -0.15) is 0 Å². The van der Waals surface area contributed by atoms with Gasteiger partial charge >= 0.3 is 0 Å². The first kappa shape index (κ1) is 20.6. The maximum absolute atomic E-state index is 13.2. The van der Waals surface area contributed by atoms with Crippen LogP contribution in [0.15, 0.2) is 48.5 Å². The Bertz CT molecular complexity index is 891. The van der Waals surface area contributed by atoms with E-state index in [0.717, 1.165) is 57.7 Å². The van der Waals surface area contributed by atoms with E-state index < -0.39 is 0 Å². The summed E-state index contributed by atoms with van der Waals surface area (Å²) in [6, 6.07) is 17.2. The predicted octanol–water partition coefficient (Wildman–Crippen LogP) is 4.31. The summed E-state index contributed by atoms with van der Waals surface area (Å²) in [5.74, 6) is 1.81. The lowest BCUT2D eigenvalue weighted by atomic mass is 9.88. The van der Waals surface area contributed by atoms with Gasteiger partial charge in [0, 0.05) is 38.6 Å². The number of nitrogens with zero attached hydrogens (tertiary/aromatic N) is 2. The van der Waals surface area contributed by atoms with Crippen LogP contribution in [0, 0.1) is 11.8 Å². The first-order valence-electron chi connectivity index (χ1n) is 12.0. The zero-order valence-electron chi connectivity index (χ0n) is 18.5. The molecule has 2 heterocycles. The molecule has 0 unspecified atom stereocenters. The second-order valence-electron chi connectivity index (χ2n) is 9.61. The summed E-state index contributed by atoms with van der Waals surface area (Å²) in [6.45, 7) is 5.31. The largest absolute Gasteiger partial charge is 0.493 e. The normalized spacial score (nSPS) is 23.7. The van der Waals surface area contributed by atoms with Gasteiger partial charge in [-0.1, -0.05) is 36.4 Å². The first-order valence-corrected chi connectivity index (χ1v) is 12.0. The Balaban J connectivity index is 1.26. The topological polar surface area (TPSA) is 32.8 Å². The molecule has 3 aliphatic rings. The average Bonchev–Trinajstić information content (AvgIpc) is 3.49. The smallest absolute Gasteiger partial charge is 0.226 e. The number of hydrogen-bond donors (Lipinski definition) is 0. The molecule has 2 atom stereocenters. The monoisotopic (exact) mass is 418 g/mol. The molecule has 31 heavy (non-hydrogen) atoms. The summed E-state index contributed by atoms with van der Waals surface area (Å²) in [5.41, 5.74) is 4.25. The number of hydrogen-bond acceptors (Lipinski definition) is 3. The van der Waals surface area contributed by atoms with Crippen molar-refractivity contribution >= 4 is 5.91 Å². The van der Waals surface area contributed by atoms with Crippen LogP contribution >= 0.6 is 0 Å². The van der Waals surface area contributed by atoms with E-state index in [1.807, 2.05) is 0 Å². The maximum Gasteiger partial charge on any atom is 0.226 e. The number of aryl methyl sites for hydroxylation is 2. The van der Waals surface area contributed by atoms with Crippen molar-refractivity contribution in [1.29, 1.82) is 0 Å². The van der Waals surface area contributed by atoms with Crippen LogP contribution < -0.4 is 4.74 Å². The average molecular weight is 419 g/mol. The molecule has 0 aromatic heterocycles. The minimum absolute atomic E-state index is 0.0872. The second kappa shape index (κ2) is 9.44. The van der Waals surface area contributed by atoms with Crippen molar-refractivity contribution in [2.45, 2.75) is 45.1 Å². The molecule has 1 aliphatic carbocycles. The molecule has 0 N–H and O–H groups in total. The van der Waals surface area contributed by atoms with Crippen molar-refractivity contribution in [3.63, 3.8) is 0 Å². The lowest BCUT2D eigenvalue weighted by Gasteiger charge is -2.38. The van der Waals surface area contributed by atoms with Gasteiger partial charge in [-0.05, 0) is 67.3 Å². The van der Waals surface area contributed by atoms with Crippen LogP contribution in [0.5, 0.6) is 5.75 Å². The summed E-state index contributed by atoms with van der Waals surface area (Å²) < 4.78 is 6.27. The summed E-state index contributed by atoms with van der Waals surface area (Å²) in [7, 11) is 0. The van der Waals surface area contributed by atoms with E-state index in [-0.39, 0.29) is 5.92 Å². The number of ether oxygens (including phenoxy) is 1. The van der Waals surface area contributed by atoms with Crippen LogP contribution in [0.1, 0.15) is 42.4 Å². The Kier molecular flexibility index (Phi) is 6.26. The maximum atomic E-state index is 13.2. The third-order valence-corrected chi connectivity index (χ3v) is 7.18.